The van der Waals surface area contributed by atoms with E-state index in [4.69, 9.17) is 0 Å². The van der Waals surface area contributed by atoms with Gasteiger partial charge >= 0.3 is 0 Å². The van der Waals surface area contributed by atoms with Gasteiger partial charge in [0.1, 0.15) is 5.75 Å². The Morgan fingerprint density at radius 1 is 1.29 bits per heavy atom. The summed E-state index contributed by atoms with van der Waals surface area (Å²) in [4.78, 5) is 10.8. The lowest BCUT2D eigenvalue weighted by atomic mass is 9.79. The summed E-state index contributed by atoms with van der Waals surface area (Å²) >= 11 is 0. The van der Waals surface area contributed by atoms with E-state index in [1.54, 1.807) is 12.1 Å². The van der Waals surface area contributed by atoms with Crippen molar-refractivity contribution in [2.75, 3.05) is 0 Å². The van der Waals surface area contributed by atoms with E-state index in [0.717, 1.165) is 12.0 Å². The molecule has 0 heterocycles. The van der Waals surface area contributed by atoms with Crippen LogP contribution in [-0.2, 0) is 5.41 Å². The highest BCUT2D eigenvalue weighted by atomic mass is 16.3. The van der Waals surface area contributed by atoms with Crippen LogP contribution >= 0.6 is 0 Å². The molecule has 0 radical (unpaired) electrons. The van der Waals surface area contributed by atoms with E-state index >= 15 is 0 Å². The molecule has 0 amide bonds. The Bertz CT molecular complexity index is 381. The van der Waals surface area contributed by atoms with Crippen molar-refractivity contribution in [2.24, 2.45) is 0 Å². The van der Waals surface area contributed by atoms with E-state index in [0.29, 0.717) is 11.8 Å². The second kappa shape index (κ2) is 5.85. The molecule has 1 N–H and O–H groups in total. The first-order valence-electron chi connectivity index (χ1n) is 6.30. The summed E-state index contributed by atoms with van der Waals surface area (Å²) in [6.45, 7) is 6.56. The molecule has 0 aliphatic carbocycles. The van der Waals surface area contributed by atoms with Crippen molar-refractivity contribution in [1.29, 1.82) is 0 Å². The van der Waals surface area contributed by atoms with Gasteiger partial charge in [0.2, 0.25) is 0 Å². The van der Waals surface area contributed by atoms with Gasteiger partial charge in [0, 0.05) is 0 Å². The molecule has 0 spiro atoms. The van der Waals surface area contributed by atoms with E-state index in [1.165, 1.54) is 19.3 Å². The maximum atomic E-state index is 10.8. The third-order valence-electron chi connectivity index (χ3n) is 3.34. The van der Waals surface area contributed by atoms with Crippen molar-refractivity contribution in [3.05, 3.63) is 29.3 Å². The molecule has 0 aromatic heterocycles. The van der Waals surface area contributed by atoms with Gasteiger partial charge in [-0.3, -0.25) is 4.79 Å². The van der Waals surface area contributed by atoms with Crippen LogP contribution in [0.5, 0.6) is 5.75 Å². The molecule has 0 fully saturated rings. The van der Waals surface area contributed by atoms with E-state index in [-0.39, 0.29) is 11.2 Å². The summed E-state index contributed by atoms with van der Waals surface area (Å²) in [6, 6.07) is 5.32. The minimum absolute atomic E-state index is 0.0562. The number of carbonyl (C=O) groups is 1. The molecule has 17 heavy (non-hydrogen) atoms. The normalized spacial score (nSPS) is 11.5. The topological polar surface area (TPSA) is 37.3 Å². The standard InChI is InChI=1S/C15H22O2/c1-4-5-6-9-15(2,3)13-7-8-14(17)12(10-13)11-16/h7-8,10-11,17H,4-6,9H2,1-3H3. The summed E-state index contributed by atoms with van der Waals surface area (Å²) in [5.41, 5.74) is 1.56. The van der Waals surface area contributed by atoms with Gasteiger partial charge < -0.3 is 5.11 Å². The molecule has 1 aromatic rings. The fraction of sp³-hybridized carbons (Fsp3) is 0.533. The quantitative estimate of drug-likeness (QED) is 0.595. The van der Waals surface area contributed by atoms with Crippen LogP contribution in [0.2, 0.25) is 0 Å². The van der Waals surface area contributed by atoms with Gasteiger partial charge in [0.05, 0.1) is 5.56 Å². The Morgan fingerprint density at radius 3 is 2.59 bits per heavy atom. The van der Waals surface area contributed by atoms with Crippen LogP contribution in [0, 0.1) is 0 Å². The third kappa shape index (κ3) is 3.58. The average Bonchev–Trinajstić information content (AvgIpc) is 2.29. The Morgan fingerprint density at radius 2 is 2.00 bits per heavy atom. The molecule has 0 atom stereocenters. The van der Waals surface area contributed by atoms with Crippen LogP contribution in [0.3, 0.4) is 0 Å². The maximum absolute atomic E-state index is 10.8. The number of unbranched alkanes of at least 4 members (excludes halogenated alkanes) is 2. The van der Waals surface area contributed by atoms with Crippen molar-refractivity contribution in [3.63, 3.8) is 0 Å². The number of hydrogen-bond donors (Lipinski definition) is 1. The minimum Gasteiger partial charge on any atom is -0.507 e. The molecule has 0 saturated heterocycles. The molecule has 2 nitrogen and oxygen atoms in total. The second-order valence-corrected chi connectivity index (χ2v) is 5.23. The molecule has 1 aromatic carbocycles. The van der Waals surface area contributed by atoms with Crippen LogP contribution < -0.4 is 0 Å². The fourth-order valence-electron chi connectivity index (χ4n) is 2.03. The van der Waals surface area contributed by atoms with E-state index in [9.17, 15) is 9.90 Å². The van der Waals surface area contributed by atoms with Gasteiger partial charge in [-0.1, -0.05) is 46.1 Å². The molecule has 0 bridgehead atoms. The number of benzene rings is 1. The van der Waals surface area contributed by atoms with Crippen LogP contribution in [0.15, 0.2) is 18.2 Å². The first kappa shape index (κ1) is 13.8. The number of phenolic OH excluding ortho intramolecular Hbond substituents is 1. The van der Waals surface area contributed by atoms with E-state index in [1.807, 2.05) is 6.07 Å². The largest absolute Gasteiger partial charge is 0.507 e. The maximum Gasteiger partial charge on any atom is 0.153 e. The average molecular weight is 234 g/mol. The third-order valence-corrected chi connectivity index (χ3v) is 3.34. The van der Waals surface area contributed by atoms with Crippen LogP contribution in [-0.4, -0.2) is 11.4 Å². The summed E-state index contributed by atoms with van der Waals surface area (Å²) in [6.07, 6.45) is 5.46. The number of rotatable bonds is 6. The first-order chi connectivity index (χ1) is 8.01. The van der Waals surface area contributed by atoms with Crippen molar-refractivity contribution >= 4 is 6.29 Å². The van der Waals surface area contributed by atoms with Gasteiger partial charge in [-0.05, 0) is 29.5 Å². The van der Waals surface area contributed by atoms with Gasteiger partial charge in [0.25, 0.3) is 0 Å². The van der Waals surface area contributed by atoms with Gasteiger partial charge in [0.15, 0.2) is 6.29 Å². The number of aromatic hydroxyl groups is 1. The molecule has 0 saturated carbocycles. The lowest BCUT2D eigenvalue weighted by molar-refractivity contribution is 0.112. The van der Waals surface area contributed by atoms with Gasteiger partial charge in [-0.15, -0.1) is 0 Å². The Hall–Kier alpha value is -1.31. The predicted molar refractivity (Wildman–Crippen MR) is 70.7 cm³/mol. The SMILES string of the molecule is CCCCCC(C)(C)c1ccc(O)c(C=O)c1. The molecule has 0 unspecified atom stereocenters. The number of carbonyl (C=O) groups excluding carboxylic acids is 1. The highest BCUT2D eigenvalue weighted by Crippen LogP contribution is 2.31. The van der Waals surface area contributed by atoms with Gasteiger partial charge in [-0.2, -0.15) is 0 Å². The monoisotopic (exact) mass is 234 g/mol. The van der Waals surface area contributed by atoms with Crippen LogP contribution in [0.4, 0.5) is 0 Å². The predicted octanol–water partition coefficient (Wildman–Crippen LogP) is 4.06. The Labute approximate surface area is 104 Å². The Kier molecular flexibility index (Phi) is 4.73. The van der Waals surface area contributed by atoms with Crippen LogP contribution in [0.25, 0.3) is 0 Å². The molecule has 0 aliphatic heterocycles. The number of hydrogen-bond acceptors (Lipinski definition) is 2. The Balaban J connectivity index is 2.86. The highest BCUT2D eigenvalue weighted by molar-refractivity contribution is 5.79. The summed E-state index contributed by atoms with van der Waals surface area (Å²) in [7, 11) is 0. The van der Waals surface area contributed by atoms with Gasteiger partial charge in [-0.25, -0.2) is 0 Å². The lowest BCUT2D eigenvalue weighted by Crippen LogP contribution is -2.17. The van der Waals surface area contributed by atoms with Crippen molar-refractivity contribution < 1.29 is 9.90 Å². The summed E-state index contributed by atoms with van der Waals surface area (Å²) in [5, 5.41) is 9.48. The zero-order valence-corrected chi connectivity index (χ0v) is 11.0. The molecule has 1 rings (SSSR count). The van der Waals surface area contributed by atoms with Crippen molar-refractivity contribution in [1.82, 2.24) is 0 Å². The molecule has 0 aliphatic rings. The molecular weight excluding hydrogens is 212 g/mol. The minimum atomic E-state index is 0.0562. The molecular formula is C15H22O2. The second-order valence-electron chi connectivity index (χ2n) is 5.23. The lowest BCUT2D eigenvalue weighted by Gasteiger charge is -2.25. The summed E-state index contributed by atoms with van der Waals surface area (Å²) in [5.74, 6) is 0.0631. The smallest absolute Gasteiger partial charge is 0.153 e. The molecule has 94 valence electrons. The van der Waals surface area contributed by atoms with E-state index < -0.39 is 0 Å². The van der Waals surface area contributed by atoms with Crippen molar-refractivity contribution in [3.8, 4) is 5.75 Å². The molecule has 2 heteroatoms. The number of phenols is 1. The number of aldehydes is 1. The zero-order valence-electron chi connectivity index (χ0n) is 11.0. The van der Waals surface area contributed by atoms with Crippen molar-refractivity contribution in [2.45, 2.75) is 51.9 Å². The summed E-state index contributed by atoms with van der Waals surface area (Å²) < 4.78 is 0. The first-order valence-corrected chi connectivity index (χ1v) is 6.30. The zero-order chi connectivity index (χ0) is 12.9. The van der Waals surface area contributed by atoms with E-state index in [2.05, 4.69) is 20.8 Å². The van der Waals surface area contributed by atoms with Crippen LogP contribution in [0.1, 0.15) is 62.4 Å². The highest BCUT2D eigenvalue weighted by Gasteiger charge is 2.20. The fourth-order valence-corrected chi connectivity index (χ4v) is 2.03.